The van der Waals surface area contributed by atoms with Gasteiger partial charge in [0, 0.05) is 5.54 Å². The maximum Gasteiger partial charge on any atom is 0.0760 e. The summed E-state index contributed by atoms with van der Waals surface area (Å²) >= 11 is 0. The molecule has 0 rings (SSSR count). The van der Waals surface area contributed by atoms with Gasteiger partial charge in [0.25, 0.3) is 0 Å². The molecule has 0 bridgehead atoms. The van der Waals surface area contributed by atoms with Crippen LogP contribution in [0.15, 0.2) is 12.8 Å². The Morgan fingerprint density at radius 1 is 1.45 bits per heavy atom. The maximum atomic E-state index is 3.63. The second-order valence-corrected chi connectivity index (χ2v) is 3.83. The van der Waals surface area contributed by atoms with Gasteiger partial charge in [0.05, 0.1) is 6.17 Å². The lowest BCUT2D eigenvalue weighted by atomic mass is 10.1. The van der Waals surface area contributed by atoms with Gasteiger partial charge in [-0.15, -0.1) is 0 Å². The van der Waals surface area contributed by atoms with Gasteiger partial charge in [-0.05, 0) is 40.9 Å². The molecule has 0 aliphatic rings. The topological polar surface area (TPSA) is 15.3 Å². The summed E-state index contributed by atoms with van der Waals surface area (Å²) in [6.45, 7) is 12.3. The highest BCUT2D eigenvalue weighted by molar-refractivity contribution is 4.79. The highest BCUT2D eigenvalue weighted by Gasteiger charge is 2.20. The first kappa shape index (κ1) is 10.5. The minimum Gasteiger partial charge on any atom is -0.376 e. The van der Waals surface area contributed by atoms with E-state index in [1.165, 1.54) is 0 Å². The molecule has 0 heterocycles. The molecule has 1 atom stereocenters. The molecule has 2 heteroatoms. The van der Waals surface area contributed by atoms with Crippen LogP contribution in [0.1, 0.15) is 27.7 Å². The van der Waals surface area contributed by atoms with Crippen LogP contribution in [0.2, 0.25) is 0 Å². The molecule has 0 aliphatic carbocycles. The van der Waals surface area contributed by atoms with Gasteiger partial charge in [0.1, 0.15) is 0 Å². The van der Waals surface area contributed by atoms with E-state index in [1.807, 2.05) is 0 Å². The molecule has 0 aliphatic heterocycles. The van der Waals surface area contributed by atoms with Gasteiger partial charge in [0.15, 0.2) is 0 Å². The minimum atomic E-state index is 0.204. The summed E-state index contributed by atoms with van der Waals surface area (Å²) in [6, 6.07) is 0. The van der Waals surface area contributed by atoms with Crippen molar-refractivity contribution < 1.29 is 0 Å². The van der Waals surface area contributed by atoms with Crippen LogP contribution in [0.5, 0.6) is 0 Å². The molecule has 0 saturated carbocycles. The summed E-state index contributed by atoms with van der Waals surface area (Å²) in [4.78, 5) is 2.26. The normalized spacial score (nSPS) is 14.7. The van der Waals surface area contributed by atoms with E-state index in [2.05, 4.69) is 51.5 Å². The van der Waals surface area contributed by atoms with E-state index in [0.717, 1.165) is 0 Å². The van der Waals surface area contributed by atoms with Crippen LogP contribution in [0.25, 0.3) is 0 Å². The fourth-order valence-electron chi connectivity index (χ4n) is 0.863. The van der Waals surface area contributed by atoms with E-state index >= 15 is 0 Å². The van der Waals surface area contributed by atoms with Crippen LogP contribution in [0, 0.1) is 0 Å². The van der Waals surface area contributed by atoms with Crippen molar-refractivity contribution in [3.8, 4) is 0 Å². The average molecular weight is 156 g/mol. The summed E-state index contributed by atoms with van der Waals surface area (Å²) in [5.74, 6) is 0. The molecule has 0 fully saturated rings. The lowest BCUT2D eigenvalue weighted by Crippen LogP contribution is -2.49. The Kier molecular flexibility index (Phi) is 3.59. The fourth-order valence-corrected chi connectivity index (χ4v) is 0.863. The van der Waals surface area contributed by atoms with E-state index in [0.29, 0.717) is 6.17 Å². The standard InChI is InChI=1S/C9H20N2/c1-7-10-8(2)11(6)9(3,4)5/h7-8,10H,1H2,2-6H3. The molecular formula is C9H20N2. The monoisotopic (exact) mass is 156 g/mol. The van der Waals surface area contributed by atoms with Crippen LogP contribution in [0.4, 0.5) is 0 Å². The number of hydrogen-bond donors (Lipinski definition) is 1. The Morgan fingerprint density at radius 2 is 1.91 bits per heavy atom. The van der Waals surface area contributed by atoms with E-state index in [4.69, 9.17) is 0 Å². The van der Waals surface area contributed by atoms with Crippen molar-refractivity contribution >= 4 is 0 Å². The summed E-state index contributed by atoms with van der Waals surface area (Å²) in [5, 5.41) is 3.14. The first-order chi connectivity index (χ1) is 4.89. The van der Waals surface area contributed by atoms with E-state index < -0.39 is 0 Å². The first-order valence-corrected chi connectivity index (χ1v) is 3.99. The first-order valence-electron chi connectivity index (χ1n) is 3.99. The second-order valence-electron chi connectivity index (χ2n) is 3.83. The van der Waals surface area contributed by atoms with Crippen LogP contribution in [0.3, 0.4) is 0 Å². The third kappa shape index (κ3) is 3.42. The molecule has 66 valence electrons. The molecule has 0 amide bonds. The van der Waals surface area contributed by atoms with Gasteiger partial charge in [-0.25, -0.2) is 0 Å². The quantitative estimate of drug-likeness (QED) is 0.627. The average Bonchev–Trinajstić information content (AvgIpc) is 1.85. The van der Waals surface area contributed by atoms with Crippen molar-refractivity contribution in [2.45, 2.75) is 39.4 Å². The Labute approximate surface area is 70.3 Å². The van der Waals surface area contributed by atoms with Gasteiger partial charge in [-0.3, -0.25) is 4.90 Å². The Bertz CT molecular complexity index is 124. The zero-order valence-electron chi connectivity index (χ0n) is 8.31. The summed E-state index contributed by atoms with van der Waals surface area (Å²) < 4.78 is 0. The van der Waals surface area contributed by atoms with Crippen LogP contribution in [-0.2, 0) is 0 Å². The van der Waals surface area contributed by atoms with Crippen LogP contribution >= 0.6 is 0 Å². The largest absolute Gasteiger partial charge is 0.376 e. The predicted octanol–water partition coefficient (Wildman–Crippen LogP) is 1.80. The van der Waals surface area contributed by atoms with Crippen molar-refractivity contribution in [1.29, 1.82) is 0 Å². The van der Waals surface area contributed by atoms with Crippen LogP contribution in [-0.4, -0.2) is 23.7 Å². The number of rotatable bonds is 3. The van der Waals surface area contributed by atoms with E-state index in [1.54, 1.807) is 6.20 Å². The van der Waals surface area contributed by atoms with E-state index in [-0.39, 0.29) is 5.54 Å². The van der Waals surface area contributed by atoms with E-state index in [9.17, 15) is 0 Å². The highest BCUT2D eigenvalue weighted by atomic mass is 15.3. The van der Waals surface area contributed by atoms with Crippen molar-refractivity contribution in [3.63, 3.8) is 0 Å². The lowest BCUT2D eigenvalue weighted by Gasteiger charge is -2.36. The number of hydrogen-bond acceptors (Lipinski definition) is 2. The smallest absolute Gasteiger partial charge is 0.0760 e. The molecule has 0 aromatic carbocycles. The Hall–Kier alpha value is -0.500. The van der Waals surface area contributed by atoms with Crippen molar-refractivity contribution in [2.24, 2.45) is 0 Å². The molecule has 0 saturated heterocycles. The summed E-state index contributed by atoms with van der Waals surface area (Å²) in [6.07, 6.45) is 2.07. The van der Waals surface area contributed by atoms with Crippen molar-refractivity contribution in [2.75, 3.05) is 7.05 Å². The van der Waals surface area contributed by atoms with Gasteiger partial charge >= 0.3 is 0 Å². The van der Waals surface area contributed by atoms with Crippen molar-refractivity contribution in [3.05, 3.63) is 12.8 Å². The van der Waals surface area contributed by atoms with Gasteiger partial charge < -0.3 is 5.32 Å². The zero-order valence-corrected chi connectivity index (χ0v) is 8.31. The van der Waals surface area contributed by atoms with Crippen LogP contribution < -0.4 is 5.32 Å². The number of nitrogens with one attached hydrogen (secondary N) is 1. The summed E-state index contributed by atoms with van der Waals surface area (Å²) in [7, 11) is 2.10. The predicted molar refractivity (Wildman–Crippen MR) is 50.3 cm³/mol. The van der Waals surface area contributed by atoms with Gasteiger partial charge in [0.2, 0.25) is 0 Å². The second kappa shape index (κ2) is 3.77. The minimum absolute atomic E-state index is 0.204. The molecule has 1 N–H and O–H groups in total. The summed E-state index contributed by atoms with van der Waals surface area (Å²) in [5.41, 5.74) is 0.204. The molecule has 2 nitrogen and oxygen atoms in total. The number of nitrogens with zero attached hydrogens (tertiary/aromatic N) is 1. The molecule has 0 aromatic heterocycles. The molecule has 11 heavy (non-hydrogen) atoms. The third-order valence-electron chi connectivity index (χ3n) is 2.00. The Balaban J connectivity index is 4.01. The highest BCUT2D eigenvalue weighted by Crippen LogP contribution is 2.12. The van der Waals surface area contributed by atoms with Crippen molar-refractivity contribution in [1.82, 2.24) is 10.2 Å². The van der Waals surface area contributed by atoms with Gasteiger partial charge in [-0.1, -0.05) is 6.58 Å². The maximum absolute atomic E-state index is 3.63. The fraction of sp³-hybridized carbons (Fsp3) is 0.778. The lowest BCUT2D eigenvalue weighted by molar-refractivity contribution is 0.114. The molecule has 0 radical (unpaired) electrons. The molecule has 1 unspecified atom stereocenters. The molecule has 0 spiro atoms. The zero-order chi connectivity index (χ0) is 9.07. The third-order valence-corrected chi connectivity index (χ3v) is 2.00. The Morgan fingerprint density at radius 3 is 2.18 bits per heavy atom. The van der Waals surface area contributed by atoms with Gasteiger partial charge in [-0.2, -0.15) is 0 Å². The molecular weight excluding hydrogens is 136 g/mol. The molecule has 0 aromatic rings. The SMILES string of the molecule is C=CNC(C)N(C)C(C)(C)C.